The number of carbonyl (C=O) groups is 1. The van der Waals surface area contributed by atoms with Gasteiger partial charge in [0.05, 0.1) is 5.56 Å². The van der Waals surface area contributed by atoms with Gasteiger partial charge in [0.25, 0.3) is 11.5 Å². The molecule has 30 heavy (non-hydrogen) atoms. The lowest BCUT2D eigenvalue weighted by Crippen LogP contribution is -2.39. The SMILES string of the molecule is Cc1csc2ncc(C(=O)N(CCN(C)C)Cc3ccc(C(F)(F)F)cc3)c(=O)n12. The van der Waals surface area contributed by atoms with Crippen LogP contribution < -0.4 is 5.56 Å². The number of likely N-dealkylation sites (N-methyl/N-ethyl adjacent to an activating group) is 1. The number of amides is 1. The third-order valence-corrected chi connectivity index (χ3v) is 5.56. The molecule has 0 radical (unpaired) electrons. The monoisotopic (exact) mass is 438 g/mol. The Bertz CT molecular complexity index is 1100. The maximum Gasteiger partial charge on any atom is 0.416 e. The Kier molecular flexibility index (Phi) is 6.27. The molecule has 0 saturated carbocycles. The zero-order valence-electron chi connectivity index (χ0n) is 16.7. The highest BCUT2D eigenvalue weighted by molar-refractivity contribution is 7.15. The van der Waals surface area contributed by atoms with E-state index < -0.39 is 23.2 Å². The highest BCUT2D eigenvalue weighted by Gasteiger charge is 2.30. The third-order valence-electron chi connectivity index (χ3n) is 4.61. The van der Waals surface area contributed by atoms with Gasteiger partial charge >= 0.3 is 6.18 Å². The molecule has 160 valence electrons. The number of fused-ring (bicyclic) bond motifs is 1. The average molecular weight is 438 g/mol. The van der Waals surface area contributed by atoms with Crippen molar-refractivity contribution in [3.63, 3.8) is 0 Å². The number of benzene rings is 1. The Morgan fingerprint density at radius 2 is 1.83 bits per heavy atom. The van der Waals surface area contributed by atoms with Crippen LogP contribution in [0.5, 0.6) is 0 Å². The maximum atomic E-state index is 13.2. The molecule has 2 heterocycles. The Morgan fingerprint density at radius 3 is 2.43 bits per heavy atom. The van der Waals surface area contributed by atoms with E-state index in [0.717, 1.165) is 12.1 Å². The molecule has 0 N–H and O–H groups in total. The van der Waals surface area contributed by atoms with Crippen molar-refractivity contribution in [2.75, 3.05) is 27.2 Å². The van der Waals surface area contributed by atoms with E-state index in [-0.39, 0.29) is 12.1 Å². The Hall–Kier alpha value is -2.72. The summed E-state index contributed by atoms with van der Waals surface area (Å²) in [6.07, 6.45) is -3.15. The lowest BCUT2D eigenvalue weighted by Gasteiger charge is -2.24. The lowest BCUT2D eigenvalue weighted by molar-refractivity contribution is -0.137. The predicted molar refractivity (Wildman–Crippen MR) is 109 cm³/mol. The number of aryl methyl sites for hydroxylation is 1. The van der Waals surface area contributed by atoms with Crippen LogP contribution in [0.2, 0.25) is 0 Å². The Balaban J connectivity index is 1.91. The van der Waals surface area contributed by atoms with E-state index in [0.29, 0.717) is 29.3 Å². The van der Waals surface area contributed by atoms with Crippen molar-refractivity contribution in [3.8, 4) is 0 Å². The molecule has 0 atom stereocenters. The summed E-state index contributed by atoms with van der Waals surface area (Å²) in [4.78, 5) is 34.0. The van der Waals surface area contributed by atoms with Crippen LogP contribution in [0, 0.1) is 6.92 Å². The maximum absolute atomic E-state index is 13.2. The highest BCUT2D eigenvalue weighted by Crippen LogP contribution is 2.29. The number of hydrogen-bond acceptors (Lipinski definition) is 5. The summed E-state index contributed by atoms with van der Waals surface area (Å²) < 4.78 is 39.8. The second-order valence-corrected chi connectivity index (χ2v) is 8.03. The zero-order valence-corrected chi connectivity index (χ0v) is 17.5. The minimum atomic E-state index is -4.42. The van der Waals surface area contributed by atoms with Crippen LogP contribution in [0.15, 0.2) is 40.6 Å². The lowest BCUT2D eigenvalue weighted by atomic mass is 10.1. The van der Waals surface area contributed by atoms with Crippen molar-refractivity contribution in [2.24, 2.45) is 0 Å². The summed E-state index contributed by atoms with van der Waals surface area (Å²) in [6, 6.07) is 4.66. The second-order valence-electron chi connectivity index (χ2n) is 7.20. The number of halogens is 3. The van der Waals surface area contributed by atoms with E-state index in [1.807, 2.05) is 19.0 Å². The van der Waals surface area contributed by atoms with Crippen LogP contribution in [0.3, 0.4) is 0 Å². The van der Waals surface area contributed by atoms with Gasteiger partial charge in [-0.25, -0.2) is 4.98 Å². The summed E-state index contributed by atoms with van der Waals surface area (Å²) in [5, 5.41) is 1.78. The van der Waals surface area contributed by atoms with Gasteiger partial charge in [-0.2, -0.15) is 13.2 Å². The van der Waals surface area contributed by atoms with Crippen molar-refractivity contribution < 1.29 is 18.0 Å². The minimum Gasteiger partial charge on any atom is -0.333 e. The summed E-state index contributed by atoms with van der Waals surface area (Å²) in [7, 11) is 3.69. The van der Waals surface area contributed by atoms with Crippen LogP contribution in [-0.2, 0) is 12.7 Å². The quantitative estimate of drug-likeness (QED) is 0.593. The van der Waals surface area contributed by atoms with Gasteiger partial charge in [-0.15, -0.1) is 11.3 Å². The van der Waals surface area contributed by atoms with Crippen LogP contribution in [-0.4, -0.2) is 52.3 Å². The molecule has 2 aromatic heterocycles. The molecule has 3 aromatic rings. The van der Waals surface area contributed by atoms with E-state index >= 15 is 0 Å². The van der Waals surface area contributed by atoms with Crippen molar-refractivity contribution in [3.05, 3.63) is 68.6 Å². The average Bonchev–Trinajstić information content (AvgIpc) is 3.06. The fourth-order valence-corrected chi connectivity index (χ4v) is 3.76. The van der Waals surface area contributed by atoms with Gasteiger partial charge in [-0.05, 0) is 38.7 Å². The fourth-order valence-electron chi connectivity index (χ4n) is 2.93. The van der Waals surface area contributed by atoms with Crippen LogP contribution in [0.4, 0.5) is 13.2 Å². The van der Waals surface area contributed by atoms with Crippen molar-refractivity contribution in [2.45, 2.75) is 19.6 Å². The number of carbonyl (C=O) groups excluding carboxylic acids is 1. The molecular formula is C20H21F3N4O2S. The van der Waals surface area contributed by atoms with Gasteiger partial charge in [0.15, 0.2) is 4.96 Å². The molecule has 0 unspecified atom stereocenters. The number of hydrogen-bond donors (Lipinski definition) is 0. The molecule has 0 aliphatic rings. The molecule has 6 nitrogen and oxygen atoms in total. The van der Waals surface area contributed by atoms with E-state index in [9.17, 15) is 22.8 Å². The largest absolute Gasteiger partial charge is 0.416 e. The summed E-state index contributed by atoms with van der Waals surface area (Å²) in [6.45, 7) is 2.67. The molecule has 1 aromatic carbocycles. The number of aromatic nitrogens is 2. The van der Waals surface area contributed by atoms with E-state index in [1.165, 1.54) is 39.0 Å². The first-order valence-electron chi connectivity index (χ1n) is 9.14. The van der Waals surface area contributed by atoms with E-state index in [4.69, 9.17) is 0 Å². The minimum absolute atomic E-state index is 0.0698. The highest BCUT2D eigenvalue weighted by atomic mass is 32.1. The smallest absolute Gasteiger partial charge is 0.333 e. The molecule has 1 amide bonds. The van der Waals surface area contributed by atoms with E-state index in [2.05, 4.69) is 4.98 Å². The summed E-state index contributed by atoms with van der Waals surface area (Å²) in [5.74, 6) is -0.505. The Morgan fingerprint density at radius 1 is 1.17 bits per heavy atom. The summed E-state index contributed by atoms with van der Waals surface area (Å²) >= 11 is 1.31. The van der Waals surface area contributed by atoms with Gasteiger partial charge in [-0.3, -0.25) is 14.0 Å². The van der Waals surface area contributed by atoms with Gasteiger partial charge in [0.1, 0.15) is 5.56 Å². The molecule has 0 aliphatic carbocycles. The third kappa shape index (κ3) is 4.71. The second kappa shape index (κ2) is 8.57. The number of alkyl halides is 3. The zero-order chi connectivity index (χ0) is 22.1. The first kappa shape index (κ1) is 22.0. The summed E-state index contributed by atoms with van der Waals surface area (Å²) in [5.41, 5.74) is -0.0513. The fraction of sp³-hybridized carbons (Fsp3) is 0.350. The number of nitrogens with zero attached hydrogens (tertiary/aromatic N) is 4. The standard InChI is InChI=1S/C20H21F3N4O2S/c1-13-12-30-19-24-10-16(18(29)27(13)19)17(28)26(9-8-25(2)3)11-14-4-6-15(7-5-14)20(21,22)23/h4-7,10,12H,8-9,11H2,1-3H3. The molecule has 0 bridgehead atoms. The Labute approximate surface area is 175 Å². The first-order chi connectivity index (χ1) is 14.1. The van der Waals surface area contributed by atoms with E-state index in [1.54, 1.807) is 12.3 Å². The van der Waals surface area contributed by atoms with Gasteiger partial charge in [0, 0.05) is 36.9 Å². The molecule has 0 aliphatic heterocycles. The van der Waals surface area contributed by atoms with Crippen LogP contribution in [0.25, 0.3) is 4.96 Å². The molecule has 3 rings (SSSR count). The number of thiazole rings is 1. The van der Waals surface area contributed by atoms with Crippen LogP contribution in [0.1, 0.15) is 27.2 Å². The molecule has 0 spiro atoms. The van der Waals surface area contributed by atoms with Gasteiger partial charge in [-0.1, -0.05) is 12.1 Å². The van der Waals surface area contributed by atoms with Gasteiger partial charge in [0.2, 0.25) is 0 Å². The van der Waals surface area contributed by atoms with Crippen LogP contribution >= 0.6 is 11.3 Å². The van der Waals surface area contributed by atoms with Crippen molar-refractivity contribution >= 4 is 22.2 Å². The molecule has 0 saturated heterocycles. The van der Waals surface area contributed by atoms with Crippen molar-refractivity contribution in [1.82, 2.24) is 19.2 Å². The van der Waals surface area contributed by atoms with Gasteiger partial charge < -0.3 is 9.80 Å². The first-order valence-corrected chi connectivity index (χ1v) is 10.0. The van der Waals surface area contributed by atoms with Crippen molar-refractivity contribution in [1.29, 1.82) is 0 Å². The molecule has 0 fully saturated rings. The predicted octanol–water partition coefficient (Wildman–Crippen LogP) is 3.29. The normalized spacial score (nSPS) is 12.0. The topological polar surface area (TPSA) is 57.9 Å². The molecular weight excluding hydrogens is 417 g/mol. The number of rotatable bonds is 6. The molecule has 10 heteroatoms.